The minimum atomic E-state index is -1.21. The molecule has 0 spiro atoms. The van der Waals surface area contributed by atoms with Gasteiger partial charge in [-0.05, 0) is 329 Å². The van der Waals surface area contributed by atoms with Crippen molar-refractivity contribution < 1.29 is 20.0 Å². The van der Waals surface area contributed by atoms with Gasteiger partial charge in [-0.15, -0.1) is 0 Å². The molecule has 0 heterocycles. The second-order valence-electron chi connectivity index (χ2n) is 35.6. The Balaban J connectivity index is 0.982. The maximum Gasteiger partial charge on any atom is 0.247 e. The highest BCUT2D eigenvalue weighted by Crippen LogP contribution is 2.50. The molecule has 1 aliphatic carbocycles. The van der Waals surface area contributed by atoms with Crippen molar-refractivity contribution in [2.24, 2.45) is 0 Å². The average molecular weight is 1680 g/mol. The lowest BCUT2D eigenvalue weighted by molar-refractivity contribution is -0.214. The molecule has 1 aliphatic rings. The summed E-state index contributed by atoms with van der Waals surface area (Å²) in [5.74, 6) is -1.01. The fraction of sp³-hybridized carbons (Fsp3) is 0.383. The minimum Gasteiger partial charge on any atom is -0.286 e. The van der Waals surface area contributed by atoms with Gasteiger partial charge >= 0.3 is 0 Å². The van der Waals surface area contributed by atoms with Crippen molar-refractivity contribution in [2.75, 3.05) is 0 Å². The highest BCUT2D eigenvalue weighted by atomic mass is 16.5. The molecule has 2 atom stereocenters. The average Bonchev–Trinajstić information content (AvgIpc) is 0.737. The fourth-order valence-corrected chi connectivity index (χ4v) is 21.6. The zero-order valence-electron chi connectivity index (χ0n) is 79.5. The van der Waals surface area contributed by atoms with Gasteiger partial charge in [0.05, 0.1) is 22.9 Å². The summed E-state index contributed by atoms with van der Waals surface area (Å²) >= 11 is 0. The van der Waals surface area contributed by atoms with Crippen LogP contribution in [0, 0.1) is 0 Å². The zero-order valence-corrected chi connectivity index (χ0v) is 79.5. The largest absolute Gasteiger partial charge is 0.286 e. The minimum absolute atomic E-state index is 0.176. The van der Waals surface area contributed by atoms with Gasteiger partial charge in [-0.2, -0.15) is 0 Å². The second-order valence-corrected chi connectivity index (χ2v) is 35.6. The summed E-state index contributed by atoms with van der Waals surface area (Å²) in [6, 6.07) is 80.8. The summed E-state index contributed by atoms with van der Waals surface area (Å²) in [4.78, 5) is 33.7. The molecule has 1 saturated carbocycles. The standard InChI is InChI=1S/C120H142N2O4/c1-19-79-65-85(25-7)113(86(26-8)66-79)97-41-53-103(54-42-97)119(104-55-43-98(44-56-104)114-87(27-9)67-80(20-2)68-88(114)28-10,105-57-45-99(46-58-105)115-89(29-11)69-81(21-3)70-90(115)30-12)77-111(123)121(125)109-39-37-38-40-110(109)122(126)112(124)78-120(106-59-47-100(48-60-106)116-91(31-13)71-82(22-4)72-92(116)32-14,107-61-49-101(50-62-107)117-93(33-15)73-83(23-5)74-94(117)34-16)108-63-51-102(52-64-108)118-95(35-17)75-84(24-6)76-96(118)36-18/h41-76,109-110,125-126H,19-40,77-78H2,1-18H3/t109-,110-/m1/s1. The molecular weight excluding hydrogens is 1530 g/mol. The molecule has 0 radical (unpaired) electrons. The van der Waals surface area contributed by atoms with Crippen molar-refractivity contribution in [3.63, 3.8) is 0 Å². The van der Waals surface area contributed by atoms with Crippen LogP contribution in [0.2, 0.25) is 0 Å². The van der Waals surface area contributed by atoms with Gasteiger partial charge < -0.3 is 0 Å². The van der Waals surface area contributed by atoms with Gasteiger partial charge in [0.25, 0.3) is 0 Å². The number of hydroxylamine groups is 4. The van der Waals surface area contributed by atoms with Crippen molar-refractivity contribution in [1.29, 1.82) is 0 Å². The van der Waals surface area contributed by atoms with Crippen molar-refractivity contribution in [1.82, 2.24) is 10.1 Å². The van der Waals surface area contributed by atoms with Gasteiger partial charge in [-0.1, -0.05) is 356 Å². The molecule has 6 heteroatoms. The lowest BCUT2D eigenvalue weighted by Crippen LogP contribution is -2.56. The van der Waals surface area contributed by atoms with Gasteiger partial charge in [-0.25, -0.2) is 10.1 Å². The Morgan fingerprint density at radius 3 is 0.484 bits per heavy atom. The highest BCUT2D eigenvalue weighted by Gasteiger charge is 2.47. The summed E-state index contributed by atoms with van der Waals surface area (Å²) < 4.78 is 0. The zero-order chi connectivity index (χ0) is 89.7. The summed E-state index contributed by atoms with van der Waals surface area (Å²) in [6.45, 7) is 40.5. The van der Waals surface area contributed by atoms with E-state index in [1.807, 2.05) is 0 Å². The Kier molecular flexibility index (Phi) is 31.0. The van der Waals surface area contributed by atoms with Crippen molar-refractivity contribution in [3.05, 3.63) is 352 Å². The first-order chi connectivity index (χ1) is 61.2. The van der Waals surface area contributed by atoms with Crippen LogP contribution in [0.3, 0.4) is 0 Å². The number of carbonyl (C=O) groups excluding carboxylic acids is 2. The molecule has 0 bridgehead atoms. The number of rotatable bonds is 36. The summed E-state index contributed by atoms with van der Waals surface area (Å²) in [5.41, 5.74) is 41.2. The molecule has 126 heavy (non-hydrogen) atoms. The monoisotopic (exact) mass is 1680 g/mol. The molecule has 1 fully saturated rings. The van der Waals surface area contributed by atoms with Gasteiger partial charge in [0.1, 0.15) is 0 Å². The van der Waals surface area contributed by atoms with Crippen LogP contribution >= 0.6 is 0 Å². The first-order valence-corrected chi connectivity index (χ1v) is 48.8. The predicted molar refractivity (Wildman–Crippen MR) is 532 cm³/mol. The first kappa shape index (κ1) is 93.1. The van der Waals surface area contributed by atoms with Crippen molar-refractivity contribution >= 4 is 11.8 Å². The van der Waals surface area contributed by atoms with Crippen molar-refractivity contribution in [3.8, 4) is 66.8 Å². The van der Waals surface area contributed by atoms with Crippen LogP contribution in [0.25, 0.3) is 66.8 Å². The van der Waals surface area contributed by atoms with Crippen LogP contribution in [0.1, 0.15) is 297 Å². The van der Waals surface area contributed by atoms with Crippen molar-refractivity contribution in [2.45, 2.75) is 302 Å². The normalized spacial score (nSPS) is 13.7. The van der Waals surface area contributed by atoms with Crippen LogP contribution in [-0.4, -0.2) is 44.4 Å². The third-order valence-electron chi connectivity index (χ3n) is 28.9. The summed E-state index contributed by atoms with van der Waals surface area (Å²) in [5, 5.41) is 29.2. The Bertz CT molecular complexity index is 4740. The maximum absolute atomic E-state index is 16.9. The lowest BCUT2D eigenvalue weighted by Gasteiger charge is -2.43. The molecule has 0 aromatic heterocycles. The summed E-state index contributed by atoms with van der Waals surface area (Å²) in [7, 11) is 0. The Labute approximate surface area is 757 Å². The molecular formula is C120H142N2O4. The van der Waals surface area contributed by atoms with E-state index in [1.54, 1.807) is 0 Å². The molecule has 2 amide bonds. The highest BCUT2D eigenvalue weighted by molar-refractivity contribution is 5.85. The van der Waals surface area contributed by atoms with Gasteiger partial charge in [0.2, 0.25) is 11.8 Å². The molecule has 13 rings (SSSR count). The van der Waals surface area contributed by atoms with Crippen LogP contribution in [0.5, 0.6) is 0 Å². The Morgan fingerprint density at radius 1 is 0.230 bits per heavy atom. The number of hydrogen-bond donors (Lipinski definition) is 2. The van der Waals surface area contributed by atoms with E-state index < -0.39 is 34.7 Å². The quantitative estimate of drug-likeness (QED) is 0.0233. The molecule has 656 valence electrons. The van der Waals surface area contributed by atoms with E-state index in [9.17, 15) is 10.4 Å². The van der Waals surface area contributed by atoms with E-state index in [4.69, 9.17) is 0 Å². The number of aryl methyl sites for hydroxylation is 18. The lowest BCUT2D eigenvalue weighted by atomic mass is 9.66. The van der Waals surface area contributed by atoms with E-state index in [2.05, 4.69) is 343 Å². The molecule has 6 nitrogen and oxygen atoms in total. The van der Waals surface area contributed by atoms with E-state index in [1.165, 1.54) is 134 Å². The van der Waals surface area contributed by atoms with E-state index in [0.29, 0.717) is 25.7 Å². The Hall–Kier alpha value is -10.5. The topological polar surface area (TPSA) is 81.1 Å². The second kappa shape index (κ2) is 42.0. The van der Waals surface area contributed by atoms with Crippen LogP contribution in [0.4, 0.5) is 0 Å². The predicted octanol–water partition coefficient (Wildman–Crippen LogP) is 29.7. The van der Waals surface area contributed by atoms with Crippen LogP contribution in [-0.2, 0) is 136 Å². The van der Waals surface area contributed by atoms with Crippen LogP contribution in [0.15, 0.2) is 218 Å². The number of nitrogens with zero attached hydrogens (tertiary/aromatic N) is 2. The molecule has 0 aliphatic heterocycles. The fourth-order valence-electron chi connectivity index (χ4n) is 21.6. The molecule has 12 aromatic rings. The molecule has 0 unspecified atom stereocenters. The van der Waals surface area contributed by atoms with E-state index in [-0.39, 0.29) is 12.8 Å². The smallest absolute Gasteiger partial charge is 0.247 e. The van der Waals surface area contributed by atoms with Crippen LogP contribution < -0.4 is 0 Å². The number of amides is 2. The Morgan fingerprint density at radius 2 is 0.365 bits per heavy atom. The van der Waals surface area contributed by atoms with Gasteiger partial charge in [0, 0.05) is 12.8 Å². The van der Waals surface area contributed by atoms with Gasteiger partial charge in [-0.3, -0.25) is 20.0 Å². The maximum atomic E-state index is 16.9. The van der Waals surface area contributed by atoms with E-state index >= 15 is 9.59 Å². The van der Waals surface area contributed by atoms with E-state index in [0.717, 1.165) is 192 Å². The number of hydrogen-bond acceptors (Lipinski definition) is 4. The molecule has 0 saturated heterocycles. The first-order valence-electron chi connectivity index (χ1n) is 48.8. The third kappa shape index (κ3) is 18.5. The van der Waals surface area contributed by atoms with Gasteiger partial charge in [0.15, 0.2) is 0 Å². The molecule has 2 N–H and O–H groups in total. The molecule has 12 aromatic carbocycles. The number of carbonyl (C=O) groups is 2. The third-order valence-corrected chi connectivity index (χ3v) is 28.9. The summed E-state index contributed by atoms with van der Waals surface area (Å²) in [6.07, 6.45) is 18.1. The SMILES string of the molecule is CCc1cc(CC)c(-c2ccc(C(CC(=O)N(O)[C@@H]3CCCC[C@H]3N(O)C(=O)CC(c3ccc(-c4c(CC)cc(CC)cc4CC)cc3)(c3ccc(-c4c(CC)cc(CC)cc4CC)cc3)c3ccc(-c4c(CC)cc(CC)cc4CC)cc3)(c3ccc(-c4c(CC)cc(CC)cc4CC)cc3)c3ccc(-c4c(CC)cc(CC)cc4CC)cc3)cc2)c(CC)c1. The number of benzene rings is 12.